The van der Waals surface area contributed by atoms with E-state index in [1.807, 2.05) is 0 Å². The summed E-state index contributed by atoms with van der Waals surface area (Å²) in [5.74, 6) is -1.54. The number of carboxylic acid groups (broad SMARTS) is 1. The summed E-state index contributed by atoms with van der Waals surface area (Å²) in [5.41, 5.74) is 1.50. The molecule has 0 aliphatic carbocycles. The highest BCUT2D eigenvalue weighted by molar-refractivity contribution is 6.32. The second kappa shape index (κ2) is 6.90. The molecule has 0 spiro atoms. The first-order valence-electron chi connectivity index (χ1n) is 6.13. The average molecular weight is 307 g/mol. The van der Waals surface area contributed by atoms with Gasteiger partial charge in [0.1, 0.15) is 6.61 Å². The first-order valence-corrected chi connectivity index (χ1v) is 6.51. The molecule has 5 heteroatoms. The van der Waals surface area contributed by atoms with Crippen LogP contribution in [0.3, 0.4) is 0 Å². The number of rotatable bonds is 5. The predicted molar refractivity (Wildman–Crippen MR) is 78.9 cm³/mol. The number of halogens is 2. The second-order valence-corrected chi connectivity index (χ2v) is 4.66. The first-order chi connectivity index (χ1) is 10.1. The Balaban J connectivity index is 2.10. The largest absolute Gasteiger partial charge is 0.484 e. The maximum absolute atomic E-state index is 13.6. The predicted octanol–water partition coefficient (Wildman–Crippen LogP) is 4.16. The molecule has 0 heterocycles. The molecule has 0 aliphatic heterocycles. The summed E-state index contributed by atoms with van der Waals surface area (Å²) in [5, 5.41) is 8.79. The Morgan fingerprint density at radius 1 is 1.29 bits per heavy atom. The molecule has 0 saturated carbocycles. The summed E-state index contributed by atoms with van der Waals surface area (Å²) in [4.78, 5) is 10.5. The number of aliphatic carboxylic acids is 1. The highest BCUT2D eigenvalue weighted by atomic mass is 35.5. The van der Waals surface area contributed by atoms with E-state index in [9.17, 15) is 9.18 Å². The fourth-order valence-corrected chi connectivity index (χ4v) is 1.95. The molecule has 0 saturated heterocycles. The van der Waals surface area contributed by atoms with Crippen LogP contribution in [-0.2, 0) is 11.4 Å². The minimum Gasteiger partial charge on any atom is -0.484 e. The number of benzene rings is 2. The molecule has 3 nitrogen and oxygen atoms in total. The topological polar surface area (TPSA) is 46.5 Å². The van der Waals surface area contributed by atoms with Gasteiger partial charge in [0.05, 0.1) is 5.02 Å². The van der Waals surface area contributed by atoms with Crippen molar-refractivity contribution in [2.24, 2.45) is 0 Å². The molecule has 1 N–H and O–H groups in total. The Labute approximate surface area is 126 Å². The zero-order valence-corrected chi connectivity index (χ0v) is 11.7. The summed E-state index contributed by atoms with van der Waals surface area (Å²) in [6.45, 7) is 0.134. The van der Waals surface area contributed by atoms with E-state index in [0.29, 0.717) is 0 Å². The smallest absolute Gasteiger partial charge is 0.328 e. The van der Waals surface area contributed by atoms with Gasteiger partial charge >= 0.3 is 5.97 Å². The highest BCUT2D eigenvalue weighted by Crippen LogP contribution is 2.28. The molecule has 0 bridgehead atoms. The van der Waals surface area contributed by atoms with Gasteiger partial charge in [-0.1, -0.05) is 35.9 Å². The molecule has 21 heavy (non-hydrogen) atoms. The van der Waals surface area contributed by atoms with Crippen molar-refractivity contribution in [2.45, 2.75) is 6.61 Å². The maximum Gasteiger partial charge on any atom is 0.328 e. The lowest BCUT2D eigenvalue weighted by atomic mass is 10.1. The minimum absolute atomic E-state index is 0.00523. The van der Waals surface area contributed by atoms with Crippen LogP contribution in [-0.4, -0.2) is 11.1 Å². The molecular weight excluding hydrogens is 295 g/mol. The van der Waals surface area contributed by atoms with Crippen LogP contribution in [0.15, 0.2) is 48.5 Å². The fraction of sp³-hybridized carbons (Fsp3) is 0.0625. The van der Waals surface area contributed by atoms with Crippen LogP contribution in [0.5, 0.6) is 5.75 Å². The third kappa shape index (κ3) is 4.33. The van der Waals surface area contributed by atoms with Gasteiger partial charge in [0.15, 0.2) is 11.6 Å². The van der Waals surface area contributed by atoms with Crippen LogP contribution < -0.4 is 4.74 Å². The van der Waals surface area contributed by atoms with Crippen LogP contribution >= 0.6 is 11.6 Å². The third-order valence-electron chi connectivity index (χ3n) is 2.67. The molecule has 0 aliphatic rings. The van der Waals surface area contributed by atoms with E-state index in [4.69, 9.17) is 21.4 Å². The van der Waals surface area contributed by atoms with Crippen molar-refractivity contribution in [1.29, 1.82) is 0 Å². The van der Waals surface area contributed by atoms with Crippen molar-refractivity contribution in [2.75, 3.05) is 0 Å². The van der Waals surface area contributed by atoms with E-state index in [2.05, 4.69) is 0 Å². The van der Waals surface area contributed by atoms with Gasteiger partial charge in [-0.2, -0.15) is 0 Å². The van der Waals surface area contributed by atoms with E-state index < -0.39 is 11.8 Å². The van der Waals surface area contributed by atoms with Crippen LogP contribution in [0.2, 0.25) is 5.02 Å². The van der Waals surface area contributed by atoms with Crippen LogP contribution in [0.1, 0.15) is 11.1 Å². The van der Waals surface area contributed by atoms with Crippen molar-refractivity contribution in [3.63, 3.8) is 0 Å². The van der Waals surface area contributed by atoms with Crippen LogP contribution in [0, 0.1) is 5.82 Å². The van der Waals surface area contributed by atoms with Gasteiger partial charge in [-0.05, 0) is 35.4 Å². The molecule has 0 amide bonds. The van der Waals surface area contributed by atoms with Crippen molar-refractivity contribution in [1.82, 2.24) is 0 Å². The number of carbonyl (C=O) groups is 1. The van der Waals surface area contributed by atoms with Crippen LogP contribution in [0.4, 0.5) is 4.39 Å². The molecule has 0 radical (unpaired) electrons. The number of para-hydroxylation sites is 1. The molecule has 0 atom stereocenters. The van der Waals surface area contributed by atoms with Crippen molar-refractivity contribution < 1.29 is 19.0 Å². The summed E-state index contributed by atoms with van der Waals surface area (Å²) < 4.78 is 18.9. The van der Waals surface area contributed by atoms with E-state index in [1.165, 1.54) is 18.2 Å². The summed E-state index contributed by atoms with van der Waals surface area (Å²) in [6.07, 6.45) is 2.52. The number of hydrogen-bond acceptors (Lipinski definition) is 2. The Morgan fingerprint density at radius 2 is 2.05 bits per heavy atom. The van der Waals surface area contributed by atoms with Gasteiger partial charge < -0.3 is 9.84 Å². The fourth-order valence-electron chi connectivity index (χ4n) is 1.73. The van der Waals surface area contributed by atoms with Crippen molar-refractivity contribution >= 4 is 23.6 Å². The van der Waals surface area contributed by atoms with Gasteiger partial charge in [0, 0.05) is 6.08 Å². The first kappa shape index (κ1) is 15.1. The third-order valence-corrected chi connectivity index (χ3v) is 2.97. The van der Waals surface area contributed by atoms with Crippen LogP contribution in [0.25, 0.3) is 6.08 Å². The molecule has 0 unspecified atom stereocenters. The quantitative estimate of drug-likeness (QED) is 0.844. The molecule has 0 fully saturated rings. The minimum atomic E-state index is -1.02. The van der Waals surface area contributed by atoms with Crippen molar-refractivity contribution in [3.8, 4) is 5.75 Å². The van der Waals surface area contributed by atoms with E-state index >= 15 is 0 Å². The summed E-state index contributed by atoms with van der Waals surface area (Å²) in [6, 6.07) is 11.4. The number of hydrogen-bond donors (Lipinski definition) is 1. The highest BCUT2D eigenvalue weighted by Gasteiger charge is 2.08. The monoisotopic (exact) mass is 306 g/mol. The van der Waals surface area contributed by atoms with E-state index in [1.54, 1.807) is 30.3 Å². The normalized spacial score (nSPS) is 10.8. The zero-order valence-electron chi connectivity index (χ0n) is 10.9. The lowest BCUT2D eigenvalue weighted by Crippen LogP contribution is -1.98. The van der Waals surface area contributed by atoms with Gasteiger partial charge in [-0.25, -0.2) is 9.18 Å². The molecular formula is C16H12ClFO3. The number of ether oxygens (including phenoxy) is 1. The van der Waals surface area contributed by atoms with Gasteiger partial charge in [-0.15, -0.1) is 0 Å². The Kier molecular flexibility index (Phi) is 4.95. The molecule has 108 valence electrons. The van der Waals surface area contributed by atoms with Crippen molar-refractivity contribution in [3.05, 3.63) is 70.5 Å². The van der Waals surface area contributed by atoms with Gasteiger partial charge in [-0.3, -0.25) is 0 Å². The molecule has 0 aromatic heterocycles. The molecule has 2 rings (SSSR count). The van der Waals surface area contributed by atoms with E-state index in [-0.39, 0.29) is 17.4 Å². The zero-order chi connectivity index (χ0) is 15.2. The lowest BCUT2D eigenvalue weighted by Gasteiger charge is -2.09. The lowest BCUT2D eigenvalue weighted by molar-refractivity contribution is -0.131. The summed E-state index contributed by atoms with van der Waals surface area (Å²) >= 11 is 5.87. The Bertz CT molecular complexity index is 663. The van der Waals surface area contributed by atoms with E-state index in [0.717, 1.165) is 17.2 Å². The SMILES string of the molecule is O=C(O)/C=C/c1cccc(COc2c(F)cccc2Cl)c1. The average Bonchev–Trinajstić information content (AvgIpc) is 2.45. The second-order valence-electron chi connectivity index (χ2n) is 4.26. The maximum atomic E-state index is 13.6. The Hall–Kier alpha value is -2.33. The summed E-state index contributed by atoms with van der Waals surface area (Å²) in [7, 11) is 0. The molecule has 2 aromatic carbocycles. The Morgan fingerprint density at radius 3 is 2.76 bits per heavy atom. The van der Waals surface area contributed by atoms with Gasteiger partial charge in [0.2, 0.25) is 0 Å². The standard InChI is InChI=1S/C16H12ClFO3/c17-13-5-2-6-14(18)16(13)21-10-12-4-1-3-11(9-12)7-8-15(19)20/h1-9H,10H2,(H,19,20)/b8-7+. The molecule has 2 aromatic rings. The van der Waals surface area contributed by atoms with Gasteiger partial charge in [0.25, 0.3) is 0 Å². The number of carboxylic acids is 1.